The van der Waals surface area contributed by atoms with Gasteiger partial charge in [0.25, 0.3) is 0 Å². The minimum absolute atomic E-state index is 0.744. The molecule has 1 aromatic carbocycles. The van der Waals surface area contributed by atoms with Gasteiger partial charge in [-0.2, -0.15) is 5.26 Å². The molecule has 0 unspecified atom stereocenters. The zero-order chi connectivity index (χ0) is 13.8. The Morgan fingerprint density at radius 3 is 2.47 bits per heavy atom. The van der Waals surface area contributed by atoms with Crippen molar-refractivity contribution in [3.05, 3.63) is 34.8 Å². The van der Waals surface area contributed by atoms with Crippen LogP contribution >= 0.6 is 11.3 Å². The molecule has 3 nitrogen and oxygen atoms in total. The zero-order valence-electron chi connectivity index (χ0n) is 11.5. The number of hydrogen-bond donors (Lipinski definition) is 0. The monoisotopic (exact) mass is 271 g/mol. The SMILES string of the molecule is CCCc1nc(-c2ccc(N(C)C)cc2)sc1C#N. The Hall–Kier alpha value is -1.86. The first kappa shape index (κ1) is 13.6. The fourth-order valence-electron chi connectivity index (χ4n) is 1.87. The first-order chi connectivity index (χ1) is 9.15. The van der Waals surface area contributed by atoms with E-state index in [0.29, 0.717) is 0 Å². The molecule has 0 saturated carbocycles. The van der Waals surface area contributed by atoms with Gasteiger partial charge in [-0.05, 0) is 30.7 Å². The molecule has 1 aromatic heterocycles. The van der Waals surface area contributed by atoms with Crippen LogP contribution in [0.2, 0.25) is 0 Å². The highest BCUT2D eigenvalue weighted by Gasteiger charge is 2.11. The molecule has 19 heavy (non-hydrogen) atoms. The lowest BCUT2D eigenvalue weighted by molar-refractivity contribution is 0.890. The second kappa shape index (κ2) is 5.85. The maximum absolute atomic E-state index is 9.14. The van der Waals surface area contributed by atoms with Crippen molar-refractivity contribution in [1.82, 2.24) is 4.98 Å². The topological polar surface area (TPSA) is 39.9 Å². The van der Waals surface area contributed by atoms with Gasteiger partial charge in [0.15, 0.2) is 0 Å². The van der Waals surface area contributed by atoms with E-state index in [1.54, 1.807) is 0 Å². The molecular weight excluding hydrogens is 254 g/mol. The summed E-state index contributed by atoms with van der Waals surface area (Å²) in [7, 11) is 4.04. The van der Waals surface area contributed by atoms with Gasteiger partial charge < -0.3 is 4.90 Å². The maximum Gasteiger partial charge on any atom is 0.128 e. The van der Waals surface area contributed by atoms with Crippen LogP contribution in [0.25, 0.3) is 10.6 Å². The Kier molecular flexibility index (Phi) is 4.18. The quantitative estimate of drug-likeness (QED) is 0.851. The molecule has 1 heterocycles. The summed E-state index contributed by atoms with van der Waals surface area (Å²) in [5, 5.41) is 10.1. The van der Waals surface area contributed by atoms with Gasteiger partial charge in [-0.3, -0.25) is 0 Å². The minimum Gasteiger partial charge on any atom is -0.378 e. The molecular formula is C15H17N3S. The number of aryl methyl sites for hydroxylation is 1. The zero-order valence-corrected chi connectivity index (χ0v) is 12.3. The summed E-state index contributed by atoms with van der Waals surface area (Å²) in [6, 6.07) is 10.5. The van der Waals surface area contributed by atoms with Crippen molar-refractivity contribution in [3.63, 3.8) is 0 Å². The van der Waals surface area contributed by atoms with Gasteiger partial charge in [-0.25, -0.2) is 4.98 Å². The van der Waals surface area contributed by atoms with E-state index in [4.69, 9.17) is 5.26 Å². The Bertz CT molecular complexity index is 591. The molecule has 98 valence electrons. The van der Waals surface area contributed by atoms with E-state index in [2.05, 4.69) is 47.1 Å². The largest absolute Gasteiger partial charge is 0.378 e. The van der Waals surface area contributed by atoms with Gasteiger partial charge in [0, 0.05) is 25.3 Å². The van der Waals surface area contributed by atoms with Gasteiger partial charge in [0.2, 0.25) is 0 Å². The predicted octanol–water partition coefficient (Wildman–Crippen LogP) is 3.70. The fourth-order valence-corrected chi connectivity index (χ4v) is 2.79. The van der Waals surface area contributed by atoms with Crippen LogP contribution in [0.15, 0.2) is 24.3 Å². The van der Waals surface area contributed by atoms with Crippen LogP contribution < -0.4 is 4.90 Å². The lowest BCUT2D eigenvalue weighted by Gasteiger charge is -2.11. The van der Waals surface area contributed by atoms with Gasteiger partial charge in [-0.1, -0.05) is 13.3 Å². The first-order valence-corrected chi connectivity index (χ1v) is 7.15. The molecule has 0 amide bonds. The normalized spacial score (nSPS) is 10.2. The van der Waals surface area contributed by atoms with Crippen LogP contribution in [-0.2, 0) is 6.42 Å². The number of anilines is 1. The van der Waals surface area contributed by atoms with E-state index in [9.17, 15) is 0 Å². The summed E-state index contributed by atoms with van der Waals surface area (Å²) < 4.78 is 0. The van der Waals surface area contributed by atoms with Gasteiger partial charge >= 0.3 is 0 Å². The highest BCUT2D eigenvalue weighted by Crippen LogP contribution is 2.29. The smallest absolute Gasteiger partial charge is 0.128 e. The van der Waals surface area contributed by atoms with E-state index >= 15 is 0 Å². The molecule has 0 bridgehead atoms. The van der Waals surface area contributed by atoms with E-state index in [1.165, 1.54) is 11.3 Å². The highest BCUT2D eigenvalue weighted by atomic mass is 32.1. The van der Waals surface area contributed by atoms with Crippen molar-refractivity contribution >= 4 is 17.0 Å². The number of nitriles is 1. The minimum atomic E-state index is 0.744. The van der Waals surface area contributed by atoms with Gasteiger partial charge in [0.1, 0.15) is 16.0 Å². The maximum atomic E-state index is 9.14. The number of benzene rings is 1. The molecule has 0 fully saturated rings. The molecule has 0 N–H and O–H groups in total. The number of nitrogens with zero attached hydrogens (tertiary/aromatic N) is 3. The average molecular weight is 271 g/mol. The molecule has 0 atom stereocenters. The van der Waals surface area contributed by atoms with Crippen molar-refractivity contribution in [3.8, 4) is 16.6 Å². The second-order valence-electron chi connectivity index (χ2n) is 4.60. The van der Waals surface area contributed by atoms with Crippen molar-refractivity contribution < 1.29 is 0 Å². The van der Waals surface area contributed by atoms with E-state index in [-0.39, 0.29) is 0 Å². The Balaban J connectivity index is 2.34. The molecule has 0 spiro atoms. The van der Waals surface area contributed by atoms with Crippen LogP contribution in [0.5, 0.6) is 0 Å². The van der Waals surface area contributed by atoms with E-state index in [0.717, 1.165) is 39.7 Å². The van der Waals surface area contributed by atoms with Crippen LogP contribution in [-0.4, -0.2) is 19.1 Å². The lowest BCUT2D eigenvalue weighted by atomic mass is 10.2. The molecule has 0 aliphatic rings. The highest BCUT2D eigenvalue weighted by molar-refractivity contribution is 7.15. The van der Waals surface area contributed by atoms with Crippen LogP contribution in [0.4, 0.5) is 5.69 Å². The standard InChI is InChI=1S/C15H17N3S/c1-4-5-13-14(10-16)19-15(17-13)11-6-8-12(9-7-11)18(2)3/h6-9H,4-5H2,1-3H3. The summed E-state index contributed by atoms with van der Waals surface area (Å²) in [6.45, 7) is 2.10. The van der Waals surface area contributed by atoms with E-state index < -0.39 is 0 Å². The van der Waals surface area contributed by atoms with Crippen molar-refractivity contribution in [2.75, 3.05) is 19.0 Å². The third kappa shape index (κ3) is 2.94. The number of aromatic nitrogens is 1. The first-order valence-electron chi connectivity index (χ1n) is 6.33. The van der Waals surface area contributed by atoms with E-state index in [1.807, 2.05) is 14.1 Å². The number of hydrogen-bond acceptors (Lipinski definition) is 4. The third-order valence-electron chi connectivity index (χ3n) is 2.92. The lowest BCUT2D eigenvalue weighted by Crippen LogP contribution is -2.07. The Labute approximate surface area is 118 Å². The van der Waals surface area contributed by atoms with Crippen LogP contribution in [0.1, 0.15) is 23.9 Å². The molecule has 0 radical (unpaired) electrons. The number of rotatable bonds is 4. The molecule has 0 saturated heterocycles. The summed E-state index contributed by atoms with van der Waals surface area (Å²) in [4.78, 5) is 7.41. The fraction of sp³-hybridized carbons (Fsp3) is 0.333. The summed E-state index contributed by atoms with van der Waals surface area (Å²) >= 11 is 1.48. The summed E-state index contributed by atoms with van der Waals surface area (Å²) in [5.41, 5.74) is 3.17. The number of thiazole rings is 1. The molecule has 0 aliphatic carbocycles. The Morgan fingerprint density at radius 1 is 1.26 bits per heavy atom. The molecule has 2 aromatic rings. The summed E-state index contributed by atoms with van der Waals surface area (Å²) in [6.07, 6.45) is 1.88. The van der Waals surface area contributed by atoms with Crippen LogP contribution in [0.3, 0.4) is 0 Å². The third-order valence-corrected chi connectivity index (χ3v) is 3.97. The predicted molar refractivity (Wildman–Crippen MR) is 80.6 cm³/mol. The molecule has 2 rings (SSSR count). The summed E-state index contributed by atoms with van der Waals surface area (Å²) in [5.74, 6) is 0. The van der Waals surface area contributed by atoms with Crippen molar-refractivity contribution in [2.45, 2.75) is 19.8 Å². The molecule has 0 aliphatic heterocycles. The Morgan fingerprint density at radius 2 is 1.95 bits per heavy atom. The van der Waals surface area contributed by atoms with Crippen molar-refractivity contribution in [2.24, 2.45) is 0 Å². The second-order valence-corrected chi connectivity index (χ2v) is 5.60. The molecule has 4 heteroatoms. The average Bonchev–Trinajstić information content (AvgIpc) is 2.82. The van der Waals surface area contributed by atoms with Gasteiger partial charge in [0.05, 0.1) is 5.69 Å². The van der Waals surface area contributed by atoms with Crippen molar-refractivity contribution in [1.29, 1.82) is 5.26 Å². The van der Waals surface area contributed by atoms with Gasteiger partial charge in [-0.15, -0.1) is 11.3 Å². The van der Waals surface area contributed by atoms with Crippen LogP contribution in [0, 0.1) is 11.3 Å².